The summed E-state index contributed by atoms with van der Waals surface area (Å²) in [6.07, 6.45) is 7.73. The van der Waals surface area contributed by atoms with Crippen LogP contribution in [0.2, 0.25) is 0 Å². The number of nitrogens with zero attached hydrogens (tertiary/aromatic N) is 9. The van der Waals surface area contributed by atoms with Crippen LogP contribution in [-0.2, 0) is 39.9 Å². The van der Waals surface area contributed by atoms with E-state index >= 15 is 0 Å². The molecule has 2 N–H and O–H groups in total. The number of amides is 1. The fourth-order valence-electron chi connectivity index (χ4n) is 6.96. The quantitative estimate of drug-likeness (QED) is 0.181. The number of anilines is 5. The van der Waals surface area contributed by atoms with Gasteiger partial charge in [0.1, 0.15) is 26.1 Å². The van der Waals surface area contributed by atoms with E-state index < -0.39 is 0 Å². The summed E-state index contributed by atoms with van der Waals surface area (Å²) in [5.74, 6) is 1.17. The minimum atomic E-state index is -0.227. The maximum atomic E-state index is 13.7. The predicted molar refractivity (Wildman–Crippen MR) is 217 cm³/mol. The Morgan fingerprint density at radius 1 is 0.870 bits per heavy atom. The molecule has 0 aromatic carbocycles. The van der Waals surface area contributed by atoms with Crippen LogP contribution in [0.3, 0.4) is 0 Å². The van der Waals surface area contributed by atoms with Crippen LogP contribution in [0.15, 0.2) is 57.0 Å². The summed E-state index contributed by atoms with van der Waals surface area (Å²) in [5.41, 5.74) is 7.42. The first-order valence-corrected chi connectivity index (χ1v) is 19.8. The number of aromatic nitrogens is 8. The van der Waals surface area contributed by atoms with E-state index in [0.29, 0.717) is 34.9 Å². The number of fused-ring (bicyclic) bond motifs is 3. The standard InChI is InChI=1S/C28H31N7O2S.C9H9BrN4OS/c1-6-18-19(20-15-33(5)27(37)24(30-20)31-23-11-16(2)32-38-23)7-8-29-25(18)35-10-9-34-21(26(35)36)12-17-13-28(3,4)14-22(17)34;1-5-3-7(16-13-5)12-8-9(15)14(2)4-6(10)11-8/h7-8,11-12,15H,6,9-10,13-14H2,1-5H3,(H,30,31);3-4H,1-2H3,(H,11,12). The summed E-state index contributed by atoms with van der Waals surface area (Å²) < 4.78 is 14.2. The first-order chi connectivity index (χ1) is 25.7. The number of aryl methyl sites for hydroxylation is 4. The van der Waals surface area contributed by atoms with Crippen molar-refractivity contribution in [3.63, 3.8) is 0 Å². The van der Waals surface area contributed by atoms with Gasteiger partial charge in [0.25, 0.3) is 17.0 Å². The van der Waals surface area contributed by atoms with Crippen molar-refractivity contribution in [1.82, 2.24) is 37.4 Å². The molecule has 7 heterocycles. The number of rotatable bonds is 7. The lowest BCUT2D eigenvalue weighted by atomic mass is 9.90. The Morgan fingerprint density at radius 3 is 2.11 bits per heavy atom. The monoisotopic (exact) mass is 829 g/mol. The van der Waals surface area contributed by atoms with Crippen molar-refractivity contribution in [3.8, 4) is 11.3 Å². The summed E-state index contributed by atoms with van der Waals surface area (Å²) in [5, 5.41) is 7.65. The molecule has 0 spiro atoms. The first-order valence-electron chi connectivity index (χ1n) is 17.4. The van der Waals surface area contributed by atoms with Gasteiger partial charge in [-0.3, -0.25) is 19.3 Å². The predicted octanol–water partition coefficient (Wildman–Crippen LogP) is 6.55. The number of hydrogen-bond donors (Lipinski definition) is 2. The van der Waals surface area contributed by atoms with E-state index in [1.54, 1.807) is 37.6 Å². The van der Waals surface area contributed by atoms with Crippen molar-refractivity contribution in [3.05, 3.63) is 102 Å². The van der Waals surface area contributed by atoms with Crippen molar-refractivity contribution in [2.45, 2.75) is 60.4 Å². The van der Waals surface area contributed by atoms with Crippen molar-refractivity contribution >= 4 is 72.4 Å². The highest BCUT2D eigenvalue weighted by Gasteiger charge is 2.37. The molecular weight excluding hydrogens is 791 g/mol. The molecular formula is C37H40BrN11O3S2. The average molecular weight is 831 g/mol. The van der Waals surface area contributed by atoms with Gasteiger partial charge in [-0.2, -0.15) is 8.75 Å². The highest BCUT2D eigenvalue weighted by Crippen LogP contribution is 2.40. The van der Waals surface area contributed by atoms with Crippen LogP contribution in [0.5, 0.6) is 0 Å². The summed E-state index contributed by atoms with van der Waals surface area (Å²) in [6.45, 7) is 11.7. The average Bonchev–Trinajstić information content (AvgIpc) is 3.89. The van der Waals surface area contributed by atoms with Crippen molar-refractivity contribution in [2.24, 2.45) is 19.5 Å². The van der Waals surface area contributed by atoms with Crippen LogP contribution in [-0.4, -0.2) is 49.9 Å². The molecule has 54 heavy (non-hydrogen) atoms. The van der Waals surface area contributed by atoms with E-state index in [4.69, 9.17) is 4.98 Å². The zero-order chi connectivity index (χ0) is 38.5. The molecule has 1 amide bonds. The Kier molecular flexibility index (Phi) is 10.1. The largest absolute Gasteiger partial charge is 0.339 e. The lowest BCUT2D eigenvalue weighted by Crippen LogP contribution is -2.41. The van der Waals surface area contributed by atoms with Gasteiger partial charge in [0.2, 0.25) is 0 Å². The van der Waals surface area contributed by atoms with Gasteiger partial charge in [0.15, 0.2) is 11.6 Å². The molecule has 0 bridgehead atoms. The molecule has 0 unspecified atom stereocenters. The Labute approximate surface area is 328 Å². The van der Waals surface area contributed by atoms with Gasteiger partial charge in [-0.1, -0.05) is 20.8 Å². The van der Waals surface area contributed by atoms with E-state index in [2.05, 4.69) is 76.7 Å². The molecule has 17 heteroatoms. The number of carbonyl (C=O) groups is 1. The van der Waals surface area contributed by atoms with E-state index in [1.807, 2.05) is 32.0 Å². The zero-order valence-corrected chi connectivity index (χ0v) is 34.2. The number of carbonyl (C=O) groups excluding carboxylic acids is 1. The van der Waals surface area contributed by atoms with E-state index in [9.17, 15) is 14.4 Å². The first kappa shape index (κ1) is 37.3. The van der Waals surface area contributed by atoms with Crippen LogP contribution in [0.25, 0.3) is 11.3 Å². The Morgan fingerprint density at radius 2 is 1.50 bits per heavy atom. The summed E-state index contributed by atoms with van der Waals surface area (Å²) in [6, 6.07) is 7.74. The van der Waals surface area contributed by atoms with Crippen LogP contribution < -0.4 is 26.7 Å². The molecule has 2 aliphatic rings. The number of halogens is 1. The molecule has 8 rings (SSSR count). The number of hydrogen-bond acceptors (Lipinski definition) is 12. The molecule has 6 aromatic heterocycles. The van der Waals surface area contributed by atoms with Crippen LogP contribution in [0, 0.1) is 19.3 Å². The third kappa shape index (κ3) is 7.39. The fourth-order valence-corrected chi connectivity index (χ4v) is 8.77. The maximum absolute atomic E-state index is 13.7. The normalized spacial score (nSPS) is 14.4. The number of nitrogens with one attached hydrogen (secondary N) is 2. The third-order valence-electron chi connectivity index (χ3n) is 9.39. The van der Waals surface area contributed by atoms with Crippen LogP contribution in [0.4, 0.5) is 27.5 Å². The van der Waals surface area contributed by atoms with Crippen molar-refractivity contribution in [2.75, 3.05) is 22.1 Å². The summed E-state index contributed by atoms with van der Waals surface area (Å²) in [4.78, 5) is 53.6. The Balaban J connectivity index is 0.000000235. The molecule has 1 aliphatic heterocycles. The van der Waals surface area contributed by atoms with Gasteiger partial charge in [-0.15, -0.1) is 0 Å². The minimum absolute atomic E-state index is 0.0147. The SMILES string of the molecule is CCc1c(-c2cn(C)c(=O)c(Nc3cc(C)ns3)n2)ccnc1N1CCn2c(cc3c2CC(C)(C)C3)C1=O.Cc1cc(Nc2nc(Br)cn(C)c2=O)sn1. The number of pyridine rings is 1. The lowest BCUT2D eigenvalue weighted by Gasteiger charge is -2.31. The van der Waals surface area contributed by atoms with Gasteiger partial charge in [-0.05, 0) is 107 Å². The molecule has 1 aliphatic carbocycles. The molecule has 6 aromatic rings. The minimum Gasteiger partial charge on any atom is -0.339 e. The Bertz CT molecular complexity index is 2530. The Hall–Kier alpha value is -5.00. The smallest absolute Gasteiger partial charge is 0.293 e. The van der Waals surface area contributed by atoms with E-state index in [0.717, 1.165) is 57.6 Å². The lowest BCUT2D eigenvalue weighted by molar-refractivity contribution is 0.0963. The van der Waals surface area contributed by atoms with Gasteiger partial charge in [0, 0.05) is 62.6 Å². The third-order valence-corrected chi connectivity index (χ3v) is 11.4. The van der Waals surface area contributed by atoms with Crippen molar-refractivity contribution in [1.29, 1.82) is 0 Å². The van der Waals surface area contributed by atoms with Gasteiger partial charge < -0.3 is 24.3 Å². The van der Waals surface area contributed by atoms with Crippen LogP contribution >= 0.6 is 39.0 Å². The maximum Gasteiger partial charge on any atom is 0.293 e. The van der Waals surface area contributed by atoms with E-state index in [-0.39, 0.29) is 28.3 Å². The molecule has 0 radical (unpaired) electrons. The summed E-state index contributed by atoms with van der Waals surface area (Å²) >= 11 is 5.83. The van der Waals surface area contributed by atoms with Crippen LogP contribution in [0.1, 0.15) is 59.5 Å². The fraction of sp³-hybridized carbons (Fsp3) is 0.351. The second-order valence-electron chi connectivity index (χ2n) is 14.3. The van der Waals surface area contributed by atoms with E-state index in [1.165, 1.54) is 43.5 Å². The van der Waals surface area contributed by atoms with Gasteiger partial charge >= 0.3 is 0 Å². The molecule has 0 saturated carbocycles. The van der Waals surface area contributed by atoms with Gasteiger partial charge in [-0.25, -0.2) is 15.0 Å². The highest BCUT2D eigenvalue weighted by molar-refractivity contribution is 9.10. The molecule has 14 nitrogen and oxygen atoms in total. The zero-order valence-electron chi connectivity index (χ0n) is 31.0. The topological polar surface area (TPSA) is 158 Å². The highest BCUT2D eigenvalue weighted by atomic mass is 79.9. The van der Waals surface area contributed by atoms with Gasteiger partial charge in [0.05, 0.1) is 17.1 Å². The molecule has 0 fully saturated rings. The molecule has 0 atom stereocenters. The molecule has 0 saturated heterocycles. The summed E-state index contributed by atoms with van der Waals surface area (Å²) in [7, 11) is 3.39. The molecule has 280 valence electrons. The van der Waals surface area contributed by atoms with Crippen molar-refractivity contribution < 1.29 is 4.79 Å². The second kappa shape index (κ2) is 14.7. The second-order valence-corrected chi connectivity index (χ2v) is 16.7.